The van der Waals surface area contributed by atoms with Crippen molar-refractivity contribution in [1.29, 1.82) is 0 Å². The van der Waals surface area contributed by atoms with Crippen molar-refractivity contribution in [3.63, 3.8) is 0 Å². The summed E-state index contributed by atoms with van der Waals surface area (Å²) in [5.74, 6) is -0.262. The van der Waals surface area contributed by atoms with E-state index in [1.807, 2.05) is 38.2 Å². The van der Waals surface area contributed by atoms with Gasteiger partial charge >= 0.3 is 5.97 Å². The average molecular weight is 471 g/mol. The van der Waals surface area contributed by atoms with Crippen LogP contribution in [0.4, 0.5) is 0 Å². The Balaban J connectivity index is 1.56. The van der Waals surface area contributed by atoms with Crippen LogP contribution in [0.5, 0.6) is 5.75 Å². The molecular weight excluding hydrogens is 444 g/mol. The van der Waals surface area contributed by atoms with Crippen LogP contribution in [0, 0.1) is 5.92 Å². The van der Waals surface area contributed by atoms with Gasteiger partial charge in [-0.25, -0.2) is 4.98 Å². The molecule has 1 saturated heterocycles. The minimum atomic E-state index is -0.702. The number of ether oxygens (including phenoxy) is 1. The summed E-state index contributed by atoms with van der Waals surface area (Å²) in [6, 6.07) is 12.2. The molecule has 1 N–H and O–H groups in total. The first-order valence-corrected chi connectivity index (χ1v) is 12.0. The number of benzene rings is 2. The highest BCUT2D eigenvalue weighted by atomic mass is 35.5. The molecule has 0 bridgehead atoms. The highest BCUT2D eigenvalue weighted by molar-refractivity contribution is 7.18. The van der Waals surface area contributed by atoms with E-state index >= 15 is 0 Å². The third-order valence-corrected chi connectivity index (χ3v) is 7.01. The van der Waals surface area contributed by atoms with Crippen molar-refractivity contribution in [1.82, 2.24) is 9.88 Å². The van der Waals surface area contributed by atoms with E-state index in [0.717, 1.165) is 28.4 Å². The Hall–Kier alpha value is -2.41. The Morgan fingerprint density at radius 2 is 2.09 bits per heavy atom. The molecule has 4 rings (SSSR count). The number of rotatable bonds is 8. The summed E-state index contributed by atoms with van der Waals surface area (Å²) in [5, 5.41) is 10.6. The zero-order valence-corrected chi connectivity index (χ0v) is 20.0. The molecule has 1 fully saturated rings. The summed E-state index contributed by atoms with van der Waals surface area (Å²) in [5.41, 5.74) is 4.70. The summed E-state index contributed by atoms with van der Waals surface area (Å²) < 4.78 is 5.73. The molecule has 1 aliphatic rings. The van der Waals surface area contributed by atoms with Gasteiger partial charge in [-0.3, -0.25) is 9.69 Å². The number of hydrogen-bond acceptors (Lipinski definition) is 5. The monoisotopic (exact) mass is 470 g/mol. The topological polar surface area (TPSA) is 62.7 Å². The third-order valence-electron chi connectivity index (χ3n) is 5.64. The SMILES string of the molecule is CCc1c(CN2CC(C(=O)O)C2)cccc1-c1cnc(-c2ccc(OC(C)C)c(Cl)c2)s1. The molecule has 0 amide bonds. The summed E-state index contributed by atoms with van der Waals surface area (Å²) in [7, 11) is 0. The van der Waals surface area contributed by atoms with Gasteiger partial charge in [0.1, 0.15) is 10.8 Å². The van der Waals surface area contributed by atoms with E-state index in [-0.39, 0.29) is 12.0 Å². The van der Waals surface area contributed by atoms with Gasteiger partial charge in [-0.2, -0.15) is 0 Å². The molecule has 32 heavy (non-hydrogen) atoms. The van der Waals surface area contributed by atoms with E-state index < -0.39 is 5.97 Å². The van der Waals surface area contributed by atoms with Crippen LogP contribution in [0.15, 0.2) is 42.6 Å². The molecule has 0 unspecified atom stereocenters. The van der Waals surface area contributed by atoms with Crippen LogP contribution in [0.25, 0.3) is 21.0 Å². The van der Waals surface area contributed by atoms with E-state index in [0.29, 0.717) is 23.9 Å². The number of hydrogen-bond donors (Lipinski definition) is 1. The maximum atomic E-state index is 11.1. The Labute approximate surface area is 197 Å². The highest BCUT2D eigenvalue weighted by Gasteiger charge is 2.32. The predicted molar refractivity (Wildman–Crippen MR) is 130 cm³/mol. The molecule has 1 aliphatic heterocycles. The fraction of sp³-hybridized carbons (Fsp3) is 0.360. The second kappa shape index (κ2) is 9.61. The molecule has 168 valence electrons. The average Bonchev–Trinajstić information content (AvgIpc) is 3.21. The zero-order chi connectivity index (χ0) is 22.8. The second-order valence-electron chi connectivity index (χ2n) is 8.37. The van der Waals surface area contributed by atoms with Crippen molar-refractivity contribution < 1.29 is 14.6 Å². The van der Waals surface area contributed by atoms with Crippen LogP contribution in [-0.2, 0) is 17.8 Å². The van der Waals surface area contributed by atoms with E-state index in [2.05, 4.69) is 35.0 Å². The molecule has 0 aliphatic carbocycles. The van der Waals surface area contributed by atoms with Gasteiger partial charge in [0.2, 0.25) is 0 Å². The van der Waals surface area contributed by atoms with Crippen molar-refractivity contribution in [2.24, 2.45) is 5.92 Å². The maximum Gasteiger partial charge on any atom is 0.309 e. The predicted octanol–water partition coefficient (Wildman–Crippen LogP) is 6.00. The molecule has 5 nitrogen and oxygen atoms in total. The summed E-state index contributed by atoms with van der Waals surface area (Å²) in [6.45, 7) is 8.12. The highest BCUT2D eigenvalue weighted by Crippen LogP contribution is 2.38. The first-order valence-electron chi connectivity index (χ1n) is 10.8. The van der Waals surface area contributed by atoms with E-state index in [1.54, 1.807) is 11.3 Å². The lowest BCUT2D eigenvalue weighted by molar-refractivity contribution is -0.147. The molecule has 2 aromatic carbocycles. The van der Waals surface area contributed by atoms with Gasteiger partial charge in [-0.15, -0.1) is 11.3 Å². The number of likely N-dealkylation sites (tertiary alicyclic amines) is 1. The Kier molecular flexibility index (Phi) is 6.84. The Morgan fingerprint density at radius 3 is 2.75 bits per heavy atom. The lowest BCUT2D eigenvalue weighted by Gasteiger charge is -2.37. The molecule has 0 saturated carbocycles. The molecule has 3 aromatic rings. The first kappa shape index (κ1) is 22.8. The van der Waals surface area contributed by atoms with Crippen LogP contribution in [0.3, 0.4) is 0 Å². The number of carboxylic acids is 1. The number of nitrogens with zero attached hydrogens (tertiary/aromatic N) is 2. The van der Waals surface area contributed by atoms with Crippen LogP contribution < -0.4 is 4.74 Å². The number of thiazole rings is 1. The van der Waals surface area contributed by atoms with Crippen LogP contribution in [0.1, 0.15) is 31.9 Å². The molecule has 1 aromatic heterocycles. The molecule has 7 heteroatoms. The number of carbonyl (C=O) groups is 1. The van der Waals surface area contributed by atoms with Crippen LogP contribution >= 0.6 is 22.9 Å². The third kappa shape index (κ3) is 4.82. The number of aromatic nitrogens is 1. The van der Waals surface area contributed by atoms with Gasteiger partial charge in [-0.1, -0.05) is 36.7 Å². The standard InChI is InChI=1S/C25H27ClN2O3S/c1-4-19-17(12-28-13-18(14-28)25(29)30)6-5-7-20(19)23-11-27-24(32-23)16-8-9-22(21(26)10-16)31-15(2)3/h5-11,15,18H,4,12-14H2,1-3H3,(H,29,30). The van der Waals surface area contributed by atoms with E-state index in [1.165, 1.54) is 16.7 Å². The smallest absolute Gasteiger partial charge is 0.309 e. The maximum absolute atomic E-state index is 11.1. The Bertz CT molecular complexity index is 1120. The van der Waals surface area contributed by atoms with Gasteiger partial charge in [0.15, 0.2) is 0 Å². The fourth-order valence-electron chi connectivity index (χ4n) is 4.04. The zero-order valence-electron chi connectivity index (χ0n) is 18.5. The molecular formula is C25H27ClN2O3S. The second-order valence-corrected chi connectivity index (χ2v) is 9.81. The van der Waals surface area contributed by atoms with Gasteiger partial charge in [0.25, 0.3) is 0 Å². The fourth-order valence-corrected chi connectivity index (χ4v) is 5.23. The van der Waals surface area contributed by atoms with Crippen molar-refractivity contribution >= 4 is 28.9 Å². The minimum absolute atomic E-state index is 0.0656. The van der Waals surface area contributed by atoms with Crippen molar-refractivity contribution in [3.05, 3.63) is 58.7 Å². The Morgan fingerprint density at radius 1 is 1.31 bits per heavy atom. The van der Waals surface area contributed by atoms with Gasteiger partial charge in [0.05, 0.1) is 21.9 Å². The molecule has 2 heterocycles. The number of halogens is 1. The van der Waals surface area contributed by atoms with Gasteiger partial charge in [-0.05, 0) is 55.2 Å². The summed E-state index contributed by atoms with van der Waals surface area (Å²) >= 11 is 8.07. The van der Waals surface area contributed by atoms with Crippen LogP contribution in [0.2, 0.25) is 5.02 Å². The van der Waals surface area contributed by atoms with Crippen molar-refractivity contribution in [2.75, 3.05) is 13.1 Å². The number of aliphatic carboxylic acids is 1. The molecule has 0 spiro atoms. The largest absolute Gasteiger partial charge is 0.489 e. The summed E-state index contributed by atoms with van der Waals surface area (Å²) in [6.07, 6.45) is 2.90. The normalized spacial score (nSPS) is 14.5. The minimum Gasteiger partial charge on any atom is -0.489 e. The molecule has 0 atom stereocenters. The van der Waals surface area contributed by atoms with Crippen molar-refractivity contribution in [2.45, 2.75) is 39.8 Å². The van der Waals surface area contributed by atoms with Gasteiger partial charge in [0, 0.05) is 31.4 Å². The van der Waals surface area contributed by atoms with Crippen molar-refractivity contribution in [3.8, 4) is 26.8 Å². The van der Waals surface area contributed by atoms with Gasteiger partial charge < -0.3 is 9.84 Å². The van der Waals surface area contributed by atoms with E-state index in [4.69, 9.17) is 21.4 Å². The lowest BCUT2D eigenvalue weighted by Crippen LogP contribution is -2.49. The quantitative estimate of drug-likeness (QED) is 0.437. The lowest BCUT2D eigenvalue weighted by atomic mass is 9.94. The summed E-state index contributed by atoms with van der Waals surface area (Å²) in [4.78, 5) is 19.1. The molecule has 0 radical (unpaired) electrons. The van der Waals surface area contributed by atoms with E-state index in [9.17, 15) is 4.79 Å². The van der Waals surface area contributed by atoms with Crippen LogP contribution in [-0.4, -0.2) is 40.2 Å². The number of carboxylic acid groups (broad SMARTS) is 1. The first-order chi connectivity index (χ1) is 15.4.